The predicted molar refractivity (Wildman–Crippen MR) is 89.6 cm³/mol. The monoisotopic (exact) mass is 353 g/mol. The van der Waals surface area contributed by atoms with Gasteiger partial charge < -0.3 is 15.1 Å². The number of halogens is 1. The molecule has 0 radical (unpaired) electrons. The van der Waals surface area contributed by atoms with Gasteiger partial charge >= 0.3 is 0 Å². The molecule has 1 aromatic carbocycles. The smallest absolute Gasteiger partial charge is 0.251 e. The van der Waals surface area contributed by atoms with Gasteiger partial charge in [-0.1, -0.05) is 28.9 Å². The van der Waals surface area contributed by atoms with E-state index in [1.165, 1.54) is 13.1 Å². The molecule has 21 heavy (non-hydrogen) atoms. The van der Waals surface area contributed by atoms with Gasteiger partial charge in [-0.05, 0) is 37.7 Å². The van der Waals surface area contributed by atoms with E-state index < -0.39 is 0 Å². The van der Waals surface area contributed by atoms with Gasteiger partial charge in [0.05, 0.1) is 0 Å². The van der Waals surface area contributed by atoms with Gasteiger partial charge in [-0.15, -0.1) is 0 Å². The average Bonchev–Trinajstić information content (AvgIpc) is 2.52. The molecule has 0 bridgehead atoms. The number of hydrogen-bond donors (Lipinski definition) is 1. The van der Waals surface area contributed by atoms with Crippen LogP contribution in [-0.4, -0.2) is 61.5 Å². The van der Waals surface area contributed by atoms with Crippen molar-refractivity contribution >= 4 is 21.8 Å². The van der Waals surface area contributed by atoms with E-state index >= 15 is 0 Å². The molecule has 1 heterocycles. The second-order valence-electron chi connectivity index (χ2n) is 5.40. The first kappa shape index (κ1) is 16.5. The fraction of sp³-hybridized carbons (Fsp3) is 0.562. The van der Waals surface area contributed by atoms with E-state index in [1.54, 1.807) is 0 Å². The minimum Gasteiger partial charge on any atom is -0.352 e. The number of rotatable bonds is 6. The van der Waals surface area contributed by atoms with Crippen LogP contribution < -0.4 is 5.32 Å². The summed E-state index contributed by atoms with van der Waals surface area (Å²) in [7, 11) is 0. The lowest BCUT2D eigenvalue weighted by atomic mass is 10.2. The summed E-state index contributed by atoms with van der Waals surface area (Å²) in [4.78, 5) is 16.9. The van der Waals surface area contributed by atoms with E-state index in [0.29, 0.717) is 5.56 Å². The molecule has 1 aliphatic rings. The number of carbonyl (C=O) groups is 1. The first-order valence-electron chi connectivity index (χ1n) is 7.67. The molecule has 2 rings (SSSR count). The molecule has 1 fully saturated rings. The van der Waals surface area contributed by atoms with Crippen LogP contribution in [0.3, 0.4) is 0 Å². The van der Waals surface area contributed by atoms with Crippen molar-refractivity contribution in [3.63, 3.8) is 0 Å². The van der Waals surface area contributed by atoms with Gasteiger partial charge in [0.1, 0.15) is 0 Å². The van der Waals surface area contributed by atoms with Crippen LogP contribution in [0.15, 0.2) is 28.7 Å². The average molecular weight is 354 g/mol. The van der Waals surface area contributed by atoms with Gasteiger partial charge in [0.2, 0.25) is 0 Å². The Hall–Kier alpha value is -0.910. The number of amides is 1. The maximum atomic E-state index is 12.0. The molecule has 1 aliphatic heterocycles. The van der Waals surface area contributed by atoms with Crippen LogP contribution in [0.2, 0.25) is 0 Å². The molecule has 0 aromatic heterocycles. The Morgan fingerprint density at radius 3 is 2.62 bits per heavy atom. The van der Waals surface area contributed by atoms with E-state index in [0.717, 1.165) is 43.6 Å². The molecule has 5 heteroatoms. The zero-order chi connectivity index (χ0) is 15.1. The van der Waals surface area contributed by atoms with E-state index in [9.17, 15) is 4.79 Å². The molecule has 1 amide bonds. The van der Waals surface area contributed by atoms with Crippen LogP contribution in [-0.2, 0) is 0 Å². The maximum Gasteiger partial charge on any atom is 0.251 e. The fourth-order valence-corrected chi connectivity index (χ4v) is 2.96. The van der Waals surface area contributed by atoms with E-state index in [4.69, 9.17) is 0 Å². The van der Waals surface area contributed by atoms with Crippen molar-refractivity contribution in [3.05, 3.63) is 34.3 Å². The summed E-state index contributed by atoms with van der Waals surface area (Å²) in [5, 5.41) is 2.99. The summed E-state index contributed by atoms with van der Waals surface area (Å²) in [5.41, 5.74) is 0.709. The van der Waals surface area contributed by atoms with Crippen LogP contribution >= 0.6 is 15.9 Å². The number of likely N-dealkylation sites (N-methyl/N-ethyl adjacent to an activating group) is 1. The number of hydrogen-bond acceptors (Lipinski definition) is 3. The van der Waals surface area contributed by atoms with Crippen LogP contribution in [0.1, 0.15) is 23.7 Å². The van der Waals surface area contributed by atoms with Gasteiger partial charge in [-0.2, -0.15) is 0 Å². The first-order valence-corrected chi connectivity index (χ1v) is 8.47. The molecular weight excluding hydrogens is 330 g/mol. The molecular formula is C16H24BrN3O. The molecule has 0 atom stereocenters. The van der Waals surface area contributed by atoms with Gasteiger partial charge in [0, 0.05) is 42.8 Å². The third kappa shape index (κ3) is 5.41. The van der Waals surface area contributed by atoms with Crippen molar-refractivity contribution in [2.45, 2.75) is 13.3 Å². The number of piperazine rings is 1. The van der Waals surface area contributed by atoms with E-state index in [1.807, 2.05) is 24.3 Å². The standard InChI is InChI=1S/C16H24BrN3O/c1-2-19-9-11-20(12-10-19)8-4-7-18-16(21)14-5-3-6-15(17)13-14/h3,5-6,13H,2,4,7-12H2,1H3,(H,18,21). The van der Waals surface area contributed by atoms with Gasteiger partial charge in [-0.3, -0.25) is 4.79 Å². The van der Waals surface area contributed by atoms with Crippen molar-refractivity contribution < 1.29 is 4.79 Å². The first-order chi connectivity index (χ1) is 10.2. The molecule has 1 saturated heterocycles. The van der Waals surface area contributed by atoms with E-state index in [2.05, 4.69) is 38.0 Å². The van der Waals surface area contributed by atoms with Gasteiger partial charge in [0.25, 0.3) is 5.91 Å². The lowest BCUT2D eigenvalue weighted by molar-refractivity contribution is 0.0948. The highest BCUT2D eigenvalue weighted by atomic mass is 79.9. The summed E-state index contributed by atoms with van der Waals surface area (Å²) in [5.74, 6) is 0.00658. The molecule has 0 saturated carbocycles. The van der Waals surface area contributed by atoms with Crippen molar-refractivity contribution in [3.8, 4) is 0 Å². The van der Waals surface area contributed by atoms with Crippen LogP contribution in [0.4, 0.5) is 0 Å². The maximum absolute atomic E-state index is 12.0. The fourth-order valence-electron chi connectivity index (χ4n) is 2.57. The normalized spacial score (nSPS) is 16.9. The van der Waals surface area contributed by atoms with Crippen molar-refractivity contribution in [2.24, 2.45) is 0 Å². The van der Waals surface area contributed by atoms with Crippen molar-refractivity contribution in [1.82, 2.24) is 15.1 Å². The Morgan fingerprint density at radius 2 is 1.95 bits per heavy atom. The number of benzene rings is 1. The summed E-state index contributed by atoms with van der Waals surface area (Å²) in [6, 6.07) is 7.49. The molecule has 0 spiro atoms. The molecule has 4 nitrogen and oxygen atoms in total. The van der Waals surface area contributed by atoms with Gasteiger partial charge in [0.15, 0.2) is 0 Å². The second kappa shape index (κ2) is 8.51. The predicted octanol–water partition coefficient (Wildman–Crippen LogP) is 2.21. The van der Waals surface area contributed by atoms with Crippen LogP contribution in [0, 0.1) is 0 Å². The lowest BCUT2D eigenvalue weighted by Gasteiger charge is -2.33. The van der Waals surface area contributed by atoms with Gasteiger partial charge in [-0.25, -0.2) is 0 Å². The largest absolute Gasteiger partial charge is 0.352 e. The van der Waals surface area contributed by atoms with Crippen molar-refractivity contribution in [1.29, 1.82) is 0 Å². The minimum atomic E-state index is 0.00658. The molecule has 116 valence electrons. The van der Waals surface area contributed by atoms with Crippen LogP contribution in [0.5, 0.6) is 0 Å². The highest BCUT2D eigenvalue weighted by molar-refractivity contribution is 9.10. The number of nitrogens with zero attached hydrogens (tertiary/aromatic N) is 2. The zero-order valence-electron chi connectivity index (χ0n) is 12.6. The SMILES string of the molecule is CCN1CCN(CCCNC(=O)c2cccc(Br)c2)CC1. The Bertz CT molecular complexity index is 459. The minimum absolute atomic E-state index is 0.00658. The second-order valence-corrected chi connectivity index (χ2v) is 6.31. The number of nitrogens with one attached hydrogen (secondary N) is 1. The Morgan fingerprint density at radius 1 is 1.24 bits per heavy atom. The summed E-state index contributed by atoms with van der Waals surface area (Å²) in [6.45, 7) is 9.79. The third-order valence-electron chi connectivity index (χ3n) is 3.94. The third-order valence-corrected chi connectivity index (χ3v) is 4.43. The molecule has 1 aromatic rings. The molecule has 1 N–H and O–H groups in total. The highest BCUT2D eigenvalue weighted by Crippen LogP contribution is 2.11. The summed E-state index contributed by atoms with van der Waals surface area (Å²) >= 11 is 3.38. The van der Waals surface area contributed by atoms with Crippen LogP contribution in [0.25, 0.3) is 0 Å². The zero-order valence-corrected chi connectivity index (χ0v) is 14.2. The Kier molecular flexibility index (Phi) is 6.67. The Balaban J connectivity index is 1.63. The lowest BCUT2D eigenvalue weighted by Crippen LogP contribution is -2.46. The summed E-state index contributed by atoms with van der Waals surface area (Å²) < 4.78 is 0.934. The van der Waals surface area contributed by atoms with Crippen molar-refractivity contribution in [2.75, 3.05) is 45.8 Å². The summed E-state index contributed by atoms with van der Waals surface area (Å²) in [6.07, 6.45) is 1.01. The molecule has 0 aliphatic carbocycles. The number of carbonyl (C=O) groups excluding carboxylic acids is 1. The Labute approximate surface area is 135 Å². The highest BCUT2D eigenvalue weighted by Gasteiger charge is 2.14. The topological polar surface area (TPSA) is 35.6 Å². The quantitative estimate of drug-likeness (QED) is 0.796. The molecule has 0 unspecified atom stereocenters. The van der Waals surface area contributed by atoms with E-state index in [-0.39, 0.29) is 5.91 Å².